The summed E-state index contributed by atoms with van der Waals surface area (Å²) in [5.74, 6) is 1.00. The molecule has 1 saturated carbocycles. The van der Waals surface area contributed by atoms with Crippen LogP contribution in [0.15, 0.2) is 6.33 Å². The van der Waals surface area contributed by atoms with E-state index in [1.54, 1.807) is 6.33 Å². The number of imidazole rings is 1. The summed E-state index contributed by atoms with van der Waals surface area (Å²) in [5, 5.41) is 3.29. The van der Waals surface area contributed by atoms with Crippen LogP contribution in [0.2, 0.25) is 0 Å². The van der Waals surface area contributed by atoms with Gasteiger partial charge in [0.1, 0.15) is 0 Å². The second-order valence-electron chi connectivity index (χ2n) is 6.14. The summed E-state index contributed by atoms with van der Waals surface area (Å²) in [6.07, 6.45) is 9.40. The third-order valence-electron chi connectivity index (χ3n) is 4.80. The zero-order valence-electron chi connectivity index (χ0n) is 11.6. The molecule has 2 N–H and O–H groups in total. The quantitative estimate of drug-likeness (QED) is 0.857. The van der Waals surface area contributed by atoms with Gasteiger partial charge in [-0.05, 0) is 31.6 Å². The van der Waals surface area contributed by atoms with Gasteiger partial charge in [-0.3, -0.25) is 4.79 Å². The molecule has 0 spiro atoms. The number of nitrogens with one attached hydrogen (secondary N) is 2. The van der Waals surface area contributed by atoms with Gasteiger partial charge in [0.15, 0.2) is 0 Å². The molecule has 1 heterocycles. The normalized spacial score (nSPS) is 30.7. The van der Waals surface area contributed by atoms with E-state index < -0.39 is 0 Å². The molecule has 1 amide bonds. The van der Waals surface area contributed by atoms with E-state index in [2.05, 4.69) is 22.2 Å². The number of carbonyl (C=O) groups excluding carboxylic acids is 1. The van der Waals surface area contributed by atoms with Gasteiger partial charge in [-0.25, -0.2) is 4.98 Å². The van der Waals surface area contributed by atoms with Crippen molar-refractivity contribution in [2.24, 2.45) is 11.8 Å². The predicted octanol–water partition coefficient (Wildman–Crippen LogP) is 2.21. The van der Waals surface area contributed by atoms with Crippen molar-refractivity contribution in [2.75, 3.05) is 0 Å². The van der Waals surface area contributed by atoms with Gasteiger partial charge in [-0.2, -0.15) is 0 Å². The van der Waals surface area contributed by atoms with Gasteiger partial charge in [-0.15, -0.1) is 0 Å². The van der Waals surface area contributed by atoms with Crippen LogP contribution in [0.4, 0.5) is 0 Å². The first-order valence-corrected chi connectivity index (χ1v) is 7.55. The number of carbonyl (C=O) groups is 1. The molecule has 4 heteroatoms. The average Bonchev–Trinajstić information content (AvgIpc) is 2.88. The summed E-state index contributed by atoms with van der Waals surface area (Å²) >= 11 is 0. The van der Waals surface area contributed by atoms with Crippen molar-refractivity contribution in [3.8, 4) is 0 Å². The monoisotopic (exact) mass is 261 g/mol. The first-order valence-electron chi connectivity index (χ1n) is 7.55. The maximum absolute atomic E-state index is 12.4. The molecule has 4 nitrogen and oxygen atoms in total. The molecule has 2 aliphatic carbocycles. The number of aromatic amines is 1. The maximum Gasteiger partial charge on any atom is 0.223 e. The first-order chi connectivity index (χ1) is 9.24. The van der Waals surface area contributed by atoms with Crippen LogP contribution in [0.1, 0.15) is 50.4 Å². The summed E-state index contributed by atoms with van der Waals surface area (Å²) in [6, 6.07) is 0.393. The summed E-state index contributed by atoms with van der Waals surface area (Å²) in [5.41, 5.74) is 2.30. The van der Waals surface area contributed by atoms with E-state index in [9.17, 15) is 4.79 Å². The van der Waals surface area contributed by atoms with E-state index in [0.717, 1.165) is 37.1 Å². The van der Waals surface area contributed by atoms with E-state index in [0.29, 0.717) is 12.0 Å². The van der Waals surface area contributed by atoms with Crippen LogP contribution >= 0.6 is 0 Å². The van der Waals surface area contributed by atoms with E-state index >= 15 is 0 Å². The molecular formula is C15H23N3O. The standard InChI is InChI=1S/C15H23N3O/c1-10-4-2-3-5-12(10)18-15(19)11-6-7-13-14(8-11)17-9-16-13/h9-12H,2-8H2,1H3,(H,16,17)(H,18,19). The molecule has 1 fully saturated rings. The van der Waals surface area contributed by atoms with Crippen LogP contribution < -0.4 is 5.32 Å². The van der Waals surface area contributed by atoms with Crippen LogP contribution in [0, 0.1) is 11.8 Å². The number of nitrogens with zero attached hydrogens (tertiary/aromatic N) is 1. The number of fused-ring (bicyclic) bond motifs is 1. The van der Waals surface area contributed by atoms with Gasteiger partial charge < -0.3 is 10.3 Å². The maximum atomic E-state index is 12.4. The lowest BCUT2D eigenvalue weighted by molar-refractivity contribution is -0.126. The zero-order chi connectivity index (χ0) is 13.2. The molecule has 104 valence electrons. The Kier molecular flexibility index (Phi) is 3.58. The fraction of sp³-hybridized carbons (Fsp3) is 0.733. The molecule has 1 aromatic heterocycles. The molecule has 0 saturated heterocycles. The molecule has 19 heavy (non-hydrogen) atoms. The number of rotatable bonds is 2. The molecular weight excluding hydrogens is 238 g/mol. The fourth-order valence-electron chi connectivity index (χ4n) is 3.46. The molecule has 1 aromatic rings. The summed E-state index contributed by atoms with van der Waals surface area (Å²) in [4.78, 5) is 19.9. The van der Waals surface area contributed by atoms with Crippen molar-refractivity contribution in [2.45, 2.75) is 57.9 Å². The smallest absolute Gasteiger partial charge is 0.223 e. The van der Waals surface area contributed by atoms with Crippen molar-refractivity contribution in [3.05, 3.63) is 17.7 Å². The molecule has 0 aliphatic heterocycles. The van der Waals surface area contributed by atoms with Crippen LogP contribution in [0.3, 0.4) is 0 Å². The summed E-state index contributed by atoms with van der Waals surface area (Å²) < 4.78 is 0. The predicted molar refractivity (Wildman–Crippen MR) is 73.7 cm³/mol. The highest BCUT2D eigenvalue weighted by molar-refractivity contribution is 5.79. The van der Waals surface area contributed by atoms with Crippen molar-refractivity contribution in [1.29, 1.82) is 0 Å². The van der Waals surface area contributed by atoms with E-state index in [-0.39, 0.29) is 11.8 Å². The number of aryl methyl sites for hydroxylation is 1. The number of hydrogen-bond acceptors (Lipinski definition) is 2. The van der Waals surface area contributed by atoms with Crippen molar-refractivity contribution < 1.29 is 4.79 Å². The highest BCUT2D eigenvalue weighted by Gasteiger charge is 2.29. The molecule has 3 rings (SSSR count). The lowest BCUT2D eigenvalue weighted by Crippen LogP contribution is -2.44. The first kappa shape index (κ1) is 12.7. The molecule has 0 aromatic carbocycles. The lowest BCUT2D eigenvalue weighted by atomic mass is 9.84. The van der Waals surface area contributed by atoms with Gasteiger partial charge in [0, 0.05) is 24.1 Å². The summed E-state index contributed by atoms with van der Waals surface area (Å²) in [7, 11) is 0. The Bertz CT molecular complexity index is 454. The Balaban J connectivity index is 1.59. The second-order valence-corrected chi connectivity index (χ2v) is 6.14. The van der Waals surface area contributed by atoms with Gasteiger partial charge in [0.05, 0.1) is 12.0 Å². The highest BCUT2D eigenvalue weighted by atomic mass is 16.1. The van der Waals surface area contributed by atoms with E-state index in [4.69, 9.17) is 0 Å². The Labute approximate surface area is 114 Å². The Morgan fingerprint density at radius 3 is 3.05 bits per heavy atom. The SMILES string of the molecule is CC1CCCCC1NC(=O)C1CCc2nc[nH]c2C1. The van der Waals surface area contributed by atoms with Gasteiger partial charge in [0.25, 0.3) is 0 Å². The topological polar surface area (TPSA) is 57.8 Å². The van der Waals surface area contributed by atoms with E-state index in [1.165, 1.54) is 19.3 Å². The number of H-pyrrole nitrogens is 1. The van der Waals surface area contributed by atoms with Crippen LogP contribution in [0.25, 0.3) is 0 Å². The van der Waals surface area contributed by atoms with Gasteiger partial charge >= 0.3 is 0 Å². The van der Waals surface area contributed by atoms with Crippen LogP contribution in [-0.4, -0.2) is 21.9 Å². The molecule has 3 unspecified atom stereocenters. The second kappa shape index (κ2) is 5.35. The highest BCUT2D eigenvalue weighted by Crippen LogP contribution is 2.26. The molecule has 2 aliphatic rings. The van der Waals surface area contributed by atoms with Gasteiger partial charge in [-0.1, -0.05) is 19.8 Å². The molecule has 0 radical (unpaired) electrons. The minimum Gasteiger partial charge on any atom is -0.353 e. The van der Waals surface area contributed by atoms with Crippen molar-refractivity contribution in [1.82, 2.24) is 15.3 Å². The largest absolute Gasteiger partial charge is 0.353 e. The third-order valence-corrected chi connectivity index (χ3v) is 4.80. The number of aromatic nitrogens is 2. The minimum atomic E-state index is 0.127. The Morgan fingerprint density at radius 1 is 1.37 bits per heavy atom. The number of amides is 1. The lowest BCUT2D eigenvalue weighted by Gasteiger charge is -2.31. The molecule has 3 atom stereocenters. The average molecular weight is 261 g/mol. The summed E-state index contributed by atoms with van der Waals surface area (Å²) in [6.45, 7) is 2.26. The Hall–Kier alpha value is -1.32. The number of hydrogen-bond donors (Lipinski definition) is 2. The van der Waals surface area contributed by atoms with Crippen LogP contribution in [-0.2, 0) is 17.6 Å². The molecule has 0 bridgehead atoms. The van der Waals surface area contributed by atoms with Crippen LogP contribution in [0.5, 0.6) is 0 Å². The van der Waals surface area contributed by atoms with Gasteiger partial charge in [0.2, 0.25) is 5.91 Å². The van der Waals surface area contributed by atoms with Crippen molar-refractivity contribution in [3.63, 3.8) is 0 Å². The fourth-order valence-corrected chi connectivity index (χ4v) is 3.46. The Morgan fingerprint density at radius 2 is 2.21 bits per heavy atom. The minimum absolute atomic E-state index is 0.127. The van der Waals surface area contributed by atoms with E-state index in [1.807, 2.05) is 0 Å². The van der Waals surface area contributed by atoms with Crippen molar-refractivity contribution >= 4 is 5.91 Å². The zero-order valence-corrected chi connectivity index (χ0v) is 11.6. The third kappa shape index (κ3) is 2.67.